The highest BCUT2D eigenvalue weighted by atomic mass is 16.7. The Labute approximate surface area is 70.5 Å². The van der Waals surface area contributed by atoms with Gasteiger partial charge in [-0.2, -0.15) is 5.06 Å². The molecule has 0 spiro atoms. The summed E-state index contributed by atoms with van der Waals surface area (Å²) in [5.41, 5.74) is 0. The lowest BCUT2D eigenvalue weighted by atomic mass is 10.3. The highest BCUT2D eigenvalue weighted by molar-refractivity contribution is 4.56. The van der Waals surface area contributed by atoms with Gasteiger partial charge in [0.1, 0.15) is 0 Å². The Morgan fingerprint density at radius 1 is 1.09 bits per heavy atom. The third-order valence-corrected chi connectivity index (χ3v) is 1.46. The number of hydrogen-bond acceptors (Lipinski definition) is 2. The average molecular weight is 159 g/mol. The molecule has 11 heavy (non-hydrogen) atoms. The fraction of sp³-hybridized carbons (Fsp3) is 1.00. The zero-order chi connectivity index (χ0) is 8.85. The summed E-state index contributed by atoms with van der Waals surface area (Å²) in [4.78, 5) is 5.55. The van der Waals surface area contributed by atoms with Crippen molar-refractivity contribution in [2.45, 2.75) is 53.1 Å². The molecule has 0 atom stereocenters. The molecule has 0 aliphatic rings. The van der Waals surface area contributed by atoms with Crippen molar-refractivity contribution in [3.8, 4) is 0 Å². The second-order valence-corrected chi connectivity index (χ2v) is 3.38. The van der Waals surface area contributed by atoms with Gasteiger partial charge >= 0.3 is 0 Å². The molecule has 2 heteroatoms. The van der Waals surface area contributed by atoms with Crippen LogP contribution < -0.4 is 0 Å². The normalized spacial score (nSPS) is 12.0. The zero-order valence-electron chi connectivity index (χ0n) is 8.42. The van der Waals surface area contributed by atoms with Gasteiger partial charge in [0.15, 0.2) is 0 Å². The van der Waals surface area contributed by atoms with E-state index in [0.29, 0.717) is 12.1 Å². The second-order valence-electron chi connectivity index (χ2n) is 3.38. The van der Waals surface area contributed by atoms with E-state index >= 15 is 0 Å². The molecule has 0 aromatic heterocycles. The molecule has 0 fully saturated rings. The molecule has 0 saturated carbocycles. The van der Waals surface area contributed by atoms with Crippen LogP contribution in [0.5, 0.6) is 0 Å². The molecule has 0 aromatic carbocycles. The fourth-order valence-electron chi connectivity index (χ4n) is 1.09. The molecule has 0 amide bonds. The van der Waals surface area contributed by atoms with Crippen molar-refractivity contribution in [2.75, 3.05) is 6.61 Å². The minimum Gasteiger partial charge on any atom is -0.299 e. The van der Waals surface area contributed by atoms with Crippen LogP contribution in [0.2, 0.25) is 0 Å². The lowest BCUT2D eigenvalue weighted by molar-refractivity contribution is -0.199. The number of hydroxylamine groups is 2. The lowest BCUT2D eigenvalue weighted by Gasteiger charge is -2.29. The van der Waals surface area contributed by atoms with Gasteiger partial charge in [-0.1, -0.05) is 6.92 Å². The van der Waals surface area contributed by atoms with Gasteiger partial charge in [-0.15, -0.1) is 0 Å². The first-order valence-electron chi connectivity index (χ1n) is 4.50. The van der Waals surface area contributed by atoms with Crippen molar-refractivity contribution < 1.29 is 4.84 Å². The fourth-order valence-corrected chi connectivity index (χ4v) is 1.09. The maximum Gasteiger partial charge on any atom is 0.0682 e. The molecular weight excluding hydrogens is 138 g/mol. The molecule has 0 bridgehead atoms. The summed E-state index contributed by atoms with van der Waals surface area (Å²) in [6.45, 7) is 11.5. The van der Waals surface area contributed by atoms with Crippen LogP contribution in [0, 0.1) is 0 Å². The Kier molecular flexibility index (Phi) is 5.51. The predicted molar refractivity (Wildman–Crippen MR) is 48.4 cm³/mol. The molecule has 68 valence electrons. The summed E-state index contributed by atoms with van der Waals surface area (Å²) in [5.74, 6) is 0. The van der Waals surface area contributed by atoms with Crippen molar-refractivity contribution in [2.24, 2.45) is 0 Å². The predicted octanol–water partition coefficient (Wildman–Crippen LogP) is 2.45. The van der Waals surface area contributed by atoms with E-state index in [2.05, 4.69) is 34.6 Å². The Morgan fingerprint density at radius 2 is 1.55 bits per heavy atom. The quantitative estimate of drug-likeness (QED) is 0.571. The van der Waals surface area contributed by atoms with Crippen molar-refractivity contribution >= 4 is 0 Å². The maximum absolute atomic E-state index is 5.55. The van der Waals surface area contributed by atoms with Gasteiger partial charge in [0.25, 0.3) is 0 Å². The first-order chi connectivity index (χ1) is 5.09. The SMILES string of the molecule is CCCON(C(C)C)C(C)C. The Morgan fingerprint density at radius 3 is 1.82 bits per heavy atom. The molecule has 0 rings (SSSR count). The van der Waals surface area contributed by atoms with Crippen LogP contribution >= 0.6 is 0 Å². The summed E-state index contributed by atoms with van der Waals surface area (Å²) in [5, 5.41) is 2.05. The minimum absolute atomic E-state index is 0.474. The highest BCUT2D eigenvalue weighted by Crippen LogP contribution is 2.05. The molecule has 0 unspecified atom stereocenters. The summed E-state index contributed by atoms with van der Waals surface area (Å²) < 4.78 is 0. The van der Waals surface area contributed by atoms with E-state index < -0.39 is 0 Å². The molecule has 0 N–H and O–H groups in total. The van der Waals surface area contributed by atoms with E-state index in [9.17, 15) is 0 Å². The van der Waals surface area contributed by atoms with Crippen LogP contribution in [0.15, 0.2) is 0 Å². The van der Waals surface area contributed by atoms with Gasteiger partial charge in [-0.25, -0.2) is 0 Å². The molecule has 2 nitrogen and oxygen atoms in total. The van der Waals surface area contributed by atoms with Gasteiger partial charge in [0, 0.05) is 12.1 Å². The lowest BCUT2D eigenvalue weighted by Crippen LogP contribution is -2.37. The third kappa shape index (κ3) is 4.38. The van der Waals surface area contributed by atoms with E-state index in [-0.39, 0.29) is 0 Å². The van der Waals surface area contributed by atoms with Crippen LogP contribution in [0.4, 0.5) is 0 Å². The van der Waals surface area contributed by atoms with Crippen LogP contribution in [0.25, 0.3) is 0 Å². The molecule has 0 heterocycles. The number of hydrogen-bond donors (Lipinski definition) is 0. The van der Waals surface area contributed by atoms with E-state index in [0.717, 1.165) is 13.0 Å². The Bertz CT molecular complexity index is 83.6. The van der Waals surface area contributed by atoms with E-state index in [1.807, 2.05) is 5.06 Å². The summed E-state index contributed by atoms with van der Waals surface area (Å²) >= 11 is 0. The van der Waals surface area contributed by atoms with Gasteiger partial charge in [-0.3, -0.25) is 4.84 Å². The second kappa shape index (κ2) is 5.56. The third-order valence-electron chi connectivity index (χ3n) is 1.46. The van der Waals surface area contributed by atoms with Crippen molar-refractivity contribution in [3.63, 3.8) is 0 Å². The first-order valence-corrected chi connectivity index (χ1v) is 4.50. The molecule has 0 saturated heterocycles. The average Bonchev–Trinajstić information content (AvgIpc) is 1.87. The largest absolute Gasteiger partial charge is 0.299 e. The first kappa shape index (κ1) is 10.9. The van der Waals surface area contributed by atoms with Crippen LogP contribution in [-0.4, -0.2) is 23.8 Å². The standard InChI is InChI=1S/C9H21NO/c1-6-7-11-10(8(2)3)9(4)5/h8-9H,6-7H2,1-5H3. The van der Waals surface area contributed by atoms with Crippen LogP contribution in [-0.2, 0) is 4.84 Å². The van der Waals surface area contributed by atoms with Gasteiger partial charge < -0.3 is 0 Å². The zero-order valence-corrected chi connectivity index (χ0v) is 8.42. The van der Waals surface area contributed by atoms with E-state index in [4.69, 9.17) is 4.84 Å². The van der Waals surface area contributed by atoms with Gasteiger partial charge in [0.05, 0.1) is 6.61 Å². The number of nitrogens with zero attached hydrogens (tertiary/aromatic N) is 1. The molecule has 0 aliphatic carbocycles. The molecule has 0 aromatic rings. The van der Waals surface area contributed by atoms with Crippen LogP contribution in [0.3, 0.4) is 0 Å². The maximum atomic E-state index is 5.55. The van der Waals surface area contributed by atoms with Gasteiger partial charge in [0.2, 0.25) is 0 Å². The number of rotatable bonds is 5. The minimum atomic E-state index is 0.474. The van der Waals surface area contributed by atoms with Gasteiger partial charge in [-0.05, 0) is 34.1 Å². The smallest absolute Gasteiger partial charge is 0.0682 e. The Hall–Kier alpha value is -0.0800. The summed E-state index contributed by atoms with van der Waals surface area (Å²) in [7, 11) is 0. The van der Waals surface area contributed by atoms with Crippen molar-refractivity contribution in [1.29, 1.82) is 0 Å². The molecule has 0 radical (unpaired) electrons. The van der Waals surface area contributed by atoms with Crippen LogP contribution in [0.1, 0.15) is 41.0 Å². The molecular formula is C9H21NO. The van der Waals surface area contributed by atoms with Crippen molar-refractivity contribution in [1.82, 2.24) is 5.06 Å². The highest BCUT2D eigenvalue weighted by Gasteiger charge is 2.12. The topological polar surface area (TPSA) is 12.5 Å². The molecule has 0 aliphatic heterocycles. The summed E-state index contributed by atoms with van der Waals surface area (Å²) in [6, 6.07) is 0.947. The Balaban J connectivity index is 3.70. The van der Waals surface area contributed by atoms with E-state index in [1.165, 1.54) is 0 Å². The van der Waals surface area contributed by atoms with E-state index in [1.54, 1.807) is 0 Å². The van der Waals surface area contributed by atoms with Crippen molar-refractivity contribution in [3.05, 3.63) is 0 Å². The summed E-state index contributed by atoms with van der Waals surface area (Å²) in [6.07, 6.45) is 1.08. The monoisotopic (exact) mass is 159 g/mol.